The number of halogens is 1. The Hall–Kier alpha value is -3.29. The smallest absolute Gasteiger partial charge is 0.251 e. The van der Waals surface area contributed by atoms with Gasteiger partial charge in [0.2, 0.25) is 11.0 Å². The summed E-state index contributed by atoms with van der Waals surface area (Å²) >= 11 is 6.00. The van der Waals surface area contributed by atoms with Crippen molar-refractivity contribution in [1.82, 2.24) is 30.3 Å². The normalized spacial score (nSPS) is 10.8. The highest BCUT2D eigenvalue weighted by Gasteiger charge is 2.18. The number of anilines is 1. The Morgan fingerprint density at radius 2 is 1.82 bits per heavy atom. The number of thioether (sulfide) groups is 1. The number of benzene rings is 2. The van der Waals surface area contributed by atoms with Gasteiger partial charge in [-0.05, 0) is 61.9 Å². The fourth-order valence-corrected chi connectivity index (χ4v) is 4.93. The zero-order valence-corrected chi connectivity index (χ0v) is 24.0. The number of aromatic nitrogens is 5. The Morgan fingerprint density at radius 1 is 1.05 bits per heavy atom. The maximum Gasteiger partial charge on any atom is 0.251 e. The fourth-order valence-electron chi connectivity index (χ4n) is 3.29. The van der Waals surface area contributed by atoms with Crippen molar-refractivity contribution in [2.45, 2.75) is 38.4 Å². The van der Waals surface area contributed by atoms with Crippen molar-refractivity contribution in [3.8, 4) is 11.4 Å². The van der Waals surface area contributed by atoms with Crippen LogP contribution < -0.4 is 15.4 Å². The van der Waals surface area contributed by atoms with Gasteiger partial charge in [-0.3, -0.25) is 19.5 Å². The van der Waals surface area contributed by atoms with E-state index in [1.165, 1.54) is 23.1 Å². The highest BCUT2D eigenvalue weighted by molar-refractivity contribution is 9.10. The van der Waals surface area contributed by atoms with Crippen molar-refractivity contribution in [3.63, 3.8) is 0 Å². The van der Waals surface area contributed by atoms with Crippen LogP contribution in [-0.4, -0.2) is 49.1 Å². The SMILES string of the molecule is CCCCOc1ccc(C(=O)NCc2nnc(SCC(=O)Nc3nnc(C)s3)n2-c2ccc(Br)cc2)cc1. The minimum Gasteiger partial charge on any atom is -0.494 e. The molecular formula is C25H26BrN7O3S2. The standard InChI is InChI=1S/C25H26BrN7O3S2/c1-3-4-13-36-20-11-5-17(6-12-20)23(35)27-14-21-30-32-25(33(21)19-9-7-18(26)8-10-19)37-15-22(34)28-24-31-29-16(2)38-24/h5-12H,3-4,13-15H2,1-2H3,(H,27,35)(H,28,31,34). The molecule has 13 heteroatoms. The first-order valence-corrected chi connectivity index (χ1v) is 14.5. The lowest BCUT2D eigenvalue weighted by Crippen LogP contribution is -2.24. The number of carbonyl (C=O) groups excluding carboxylic acids is 2. The molecule has 0 aliphatic carbocycles. The molecule has 2 amide bonds. The van der Waals surface area contributed by atoms with Gasteiger partial charge in [0, 0.05) is 15.7 Å². The third-order valence-electron chi connectivity index (χ3n) is 5.18. The molecule has 0 radical (unpaired) electrons. The summed E-state index contributed by atoms with van der Waals surface area (Å²) < 4.78 is 8.41. The van der Waals surface area contributed by atoms with E-state index in [-0.39, 0.29) is 24.1 Å². The number of rotatable bonds is 12. The number of ether oxygens (including phenoxy) is 1. The lowest BCUT2D eigenvalue weighted by atomic mass is 10.2. The van der Waals surface area contributed by atoms with Crippen molar-refractivity contribution < 1.29 is 14.3 Å². The van der Waals surface area contributed by atoms with Crippen LogP contribution in [0.2, 0.25) is 0 Å². The fraction of sp³-hybridized carbons (Fsp3) is 0.280. The van der Waals surface area contributed by atoms with E-state index in [2.05, 4.69) is 53.9 Å². The number of unbranched alkanes of at least 4 members (excludes halogenated alkanes) is 1. The lowest BCUT2D eigenvalue weighted by Gasteiger charge is -2.11. The molecule has 0 aliphatic rings. The average molecular weight is 617 g/mol. The van der Waals surface area contributed by atoms with Crippen LogP contribution in [0.1, 0.15) is 41.0 Å². The summed E-state index contributed by atoms with van der Waals surface area (Å²) in [5.41, 5.74) is 1.32. The summed E-state index contributed by atoms with van der Waals surface area (Å²) in [6.45, 7) is 4.72. The first kappa shape index (κ1) is 27.7. The van der Waals surface area contributed by atoms with E-state index in [1.54, 1.807) is 24.3 Å². The molecule has 198 valence electrons. The molecule has 0 atom stereocenters. The van der Waals surface area contributed by atoms with Crippen molar-refractivity contribution in [2.75, 3.05) is 17.7 Å². The average Bonchev–Trinajstić information content (AvgIpc) is 3.52. The molecule has 38 heavy (non-hydrogen) atoms. The molecule has 2 heterocycles. The summed E-state index contributed by atoms with van der Waals surface area (Å²) in [6.07, 6.45) is 2.04. The number of aryl methyl sites for hydroxylation is 1. The largest absolute Gasteiger partial charge is 0.494 e. The monoisotopic (exact) mass is 615 g/mol. The third-order valence-corrected chi connectivity index (χ3v) is 7.39. The molecular weight excluding hydrogens is 590 g/mol. The minimum atomic E-state index is -0.239. The predicted molar refractivity (Wildman–Crippen MR) is 151 cm³/mol. The van der Waals surface area contributed by atoms with E-state index < -0.39 is 0 Å². The molecule has 0 spiro atoms. The number of nitrogens with one attached hydrogen (secondary N) is 2. The highest BCUT2D eigenvalue weighted by atomic mass is 79.9. The molecule has 0 unspecified atom stereocenters. The number of hydrogen-bond acceptors (Lipinski definition) is 9. The van der Waals surface area contributed by atoms with E-state index in [0.29, 0.717) is 28.3 Å². The van der Waals surface area contributed by atoms with Crippen molar-refractivity contribution >= 4 is 56.0 Å². The van der Waals surface area contributed by atoms with Gasteiger partial charge >= 0.3 is 0 Å². The maximum absolute atomic E-state index is 12.8. The molecule has 0 fully saturated rings. The Bertz CT molecular complexity index is 1370. The summed E-state index contributed by atoms with van der Waals surface area (Å²) in [4.78, 5) is 25.2. The van der Waals surface area contributed by atoms with Gasteiger partial charge in [0.15, 0.2) is 11.0 Å². The van der Waals surface area contributed by atoms with E-state index >= 15 is 0 Å². The molecule has 0 saturated carbocycles. The molecule has 4 rings (SSSR count). The van der Waals surface area contributed by atoms with Gasteiger partial charge in [-0.2, -0.15) is 0 Å². The van der Waals surface area contributed by atoms with Crippen molar-refractivity contribution in [1.29, 1.82) is 0 Å². The minimum absolute atomic E-state index is 0.103. The number of carbonyl (C=O) groups is 2. The number of hydrogen-bond donors (Lipinski definition) is 2. The van der Waals surface area contributed by atoms with Crippen LogP contribution in [0, 0.1) is 6.92 Å². The van der Waals surface area contributed by atoms with Gasteiger partial charge in [0.05, 0.1) is 18.9 Å². The van der Waals surface area contributed by atoms with Gasteiger partial charge in [-0.1, -0.05) is 52.4 Å². The third kappa shape index (κ3) is 7.62. The lowest BCUT2D eigenvalue weighted by molar-refractivity contribution is -0.113. The molecule has 0 aliphatic heterocycles. The maximum atomic E-state index is 12.8. The first-order valence-electron chi connectivity index (χ1n) is 11.9. The van der Waals surface area contributed by atoms with E-state index in [9.17, 15) is 9.59 Å². The van der Waals surface area contributed by atoms with Crippen LogP contribution >= 0.6 is 39.0 Å². The van der Waals surface area contributed by atoms with Crippen LogP contribution in [0.3, 0.4) is 0 Å². The molecule has 0 bridgehead atoms. The summed E-state index contributed by atoms with van der Waals surface area (Å²) in [5, 5.41) is 23.8. The first-order chi connectivity index (χ1) is 18.4. The number of nitrogens with zero attached hydrogens (tertiary/aromatic N) is 5. The molecule has 2 N–H and O–H groups in total. The van der Waals surface area contributed by atoms with E-state index in [0.717, 1.165) is 33.8 Å². The highest BCUT2D eigenvalue weighted by Crippen LogP contribution is 2.24. The summed E-state index contributed by atoms with van der Waals surface area (Å²) in [7, 11) is 0. The zero-order valence-electron chi connectivity index (χ0n) is 20.8. The summed E-state index contributed by atoms with van der Waals surface area (Å²) in [5.74, 6) is 0.899. The Kier molecular flexibility index (Phi) is 9.85. The van der Waals surface area contributed by atoms with E-state index in [4.69, 9.17) is 4.74 Å². The van der Waals surface area contributed by atoms with Gasteiger partial charge in [0.1, 0.15) is 10.8 Å². The van der Waals surface area contributed by atoms with Crippen molar-refractivity contribution in [2.24, 2.45) is 0 Å². The Balaban J connectivity index is 1.43. The van der Waals surface area contributed by atoms with Gasteiger partial charge < -0.3 is 10.1 Å². The molecule has 4 aromatic rings. The quantitative estimate of drug-likeness (QED) is 0.168. The molecule has 10 nitrogen and oxygen atoms in total. The second-order valence-corrected chi connectivity index (χ2v) is 11.1. The molecule has 0 saturated heterocycles. The van der Waals surface area contributed by atoms with Crippen LogP contribution in [-0.2, 0) is 11.3 Å². The van der Waals surface area contributed by atoms with Gasteiger partial charge in [-0.25, -0.2) is 0 Å². The zero-order chi connectivity index (χ0) is 26.9. The molecule has 2 aromatic heterocycles. The Morgan fingerprint density at radius 3 is 2.50 bits per heavy atom. The van der Waals surface area contributed by atoms with Crippen LogP contribution in [0.15, 0.2) is 58.2 Å². The predicted octanol–water partition coefficient (Wildman–Crippen LogP) is 5.03. The van der Waals surface area contributed by atoms with Gasteiger partial charge in [0.25, 0.3) is 5.91 Å². The van der Waals surface area contributed by atoms with Gasteiger partial charge in [-0.15, -0.1) is 20.4 Å². The van der Waals surface area contributed by atoms with Crippen LogP contribution in [0.5, 0.6) is 5.75 Å². The topological polar surface area (TPSA) is 124 Å². The second-order valence-electron chi connectivity index (χ2n) is 8.08. The molecule has 2 aromatic carbocycles. The van der Waals surface area contributed by atoms with Crippen LogP contribution in [0.4, 0.5) is 5.13 Å². The number of amides is 2. The Labute approximate surface area is 236 Å². The summed E-state index contributed by atoms with van der Waals surface area (Å²) in [6, 6.07) is 14.7. The van der Waals surface area contributed by atoms with E-state index in [1.807, 2.05) is 35.8 Å². The van der Waals surface area contributed by atoms with Crippen LogP contribution in [0.25, 0.3) is 5.69 Å². The second kappa shape index (κ2) is 13.5. The van der Waals surface area contributed by atoms with Crippen molar-refractivity contribution in [3.05, 3.63) is 69.4 Å².